The van der Waals surface area contributed by atoms with Gasteiger partial charge in [-0.1, -0.05) is 35.9 Å². The van der Waals surface area contributed by atoms with Crippen molar-refractivity contribution in [1.29, 1.82) is 0 Å². The lowest BCUT2D eigenvalue weighted by molar-refractivity contribution is 0.102. The second-order valence-corrected chi connectivity index (χ2v) is 7.58. The molecule has 0 aliphatic carbocycles. The second-order valence-electron chi connectivity index (χ2n) is 6.11. The lowest BCUT2D eigenvalue weighted by atomic mass is 10.2. The van der Waals surface area contributed by atoms with Crippen molar-refractivity contribution in [2.75, 3.05) is 5.32 Å². The van der Waals surface area contributed by atoms with E-state index in [1.807, 2.05) is 12.1 Å². The third-order valence-electron chi connectivity index (χ3n) is 4.24. The van der Waals surface area contributed by atoms with Crippen molar-refractivity contribution in [3.8, 4) is 11.4 Å². The number of H-pyrrole nitrogens is 1. The van der Waals surface area contributed by atoms with Crippen LogP contribution in [0.4, 0.5) is 5.13 Å². The molecule has 28 heavy (non-hydrogen) atoms. The number of hydrogen-bond acceptors (Lipinski definition) is 5. The molecule has 0 saturated carbocycles. The normalized spacial score (nSPS) is 10.9. The zero-order valence-corrected chi connectivity index (χ0v) is 16.4. The number of rotatable bonds is 4. The maximum absolute atomic E-state index is 12.5. The molecule has 2 N–H and O–H groups in total. The maximum Gasteiger partial charge on any atom is 0.264 e. The number of halogens is 1. The third kappa shape index (κ3) is 3.67. The predicted octanol–water partition coefficient (Wildman–Crippen LogP) is 4.51. The smallest absolute Gasteiger partial charge is 0.264 e. The summed E-state index contributed by atoms with van der Waals surface area (Å²) in [4.78, 5) is 36.1. The molecule has 8 heteroatoms. The van der Waals surface area contributed by atoms with Gasteiger partial charge in [0, 0.05) is 16.8 Å². The molecule has 0 spiro atoms. The van der Waals surface area contributed by atoms with Crippen LogP contribution in [-0.4, -0.2) is 20.9 Å². The molecular formula is C20H15ClN4O2S. The van der Waals surface area contributed by atoms with Gasteiger partial charge in [0.15, 0.2) is 5.13 Å². The largest absolute Gasteiger partial charge is 0.306 e. The standard InChI is InChI=1S/C20H15ClN4O2S/c1-2-11-3-8-15-16(9-11)28-20(23-15)25-19(27)14-10-22-17(24-18(14)26)12-4-6-13(21)7-5-12/h3-10H,2H2,1H3,(H,22,24,26)(H,23,25,27). The molecular weight excluding hydrogens is 396 g/mol. The molecule has 4 aromatic rings. The number of nitrogens with one attached hydrogen (secondary N) is 2. The van der Waals surface area contributed by atoms with E-state index < -0.39 is 11.5 Å². The molecule has 0 aliphatic rings. The Morgan fingerprint density at radius 1 is 1.21 bits per heavy atom. The van der Waals surface area contributed by atoms with Gasteiger partial charge < -0.3 is 4.98 Å². The SMILES string of the molecule is CCc1ccc2nc(NC(=O)c3cnc(-c4ccc(Cl)cc4)[nH]c3=O)sc2c1. The number of aromatic nitrogens is 3. The van der Waals surface area contributed by atoms with Crippen LogP contribution in [0.2, 0.25) is 5.02 Å². The summed E-state index contributed by atoms with van der Waals surface area (Å²) in [6.45, 7) is 2.08. The second kappa shape index (κ2) is 7.53. The summed E-state index contributed by atoms with van der Waals surface area (Å²) >= 11 is 7.24. The van der Waals surface area contributed by atoms with E-state index in [0.717, 1.165) is 16.6 Å². The Labute approximate surface area is 169 Å². The van der Waals surface area contributed by atoms with Crippen LogP contribution in [0.1, 0.15) is 22.8 Å². The third-order valence-corrected chi connectivity index (χ3v) is 5.43. The highest BCUT2D eigenvalue weighted by atomic mass is 35.5. The minimum Gasteiger partial charge on any atom is -0.306 e. The van der Waals surface area contributed by atoms with E-state index in [1.54, 1.807) is 24.3 Å². The molecule has 0 aliphatic heterocycles. The highest BCUT2D eigenvalue weighted by Gasteiger charge is 2.15. The van der Waals surface area contributed by atoms with Gasteiger partial charge in [-0.05, 0) is 48.4 Å². The molecule has 4 rings (SSSR count). The quantitative estimate of drug-likeness (QED) is 0.518. The zero-order valence-electron chi connectivity index (χ0n) is 14.8. The number of anilines is 1. The Balaban J connectivity index is 1.58. The Morgan fingerprint density at radius 3 is 2.71 bits per heavy atom. The fourth-order valence-electron chi connectivity index (χ4n) is 2.72. The number of benzene rings is 2. The van der Waals surface area contributed by atoms with Crippen LogP contribution in [0.15, 0.2) is 53.5 Å². The first-order chi connectivity index (χ1) is 13.5. The van der Waals surface area contributed by atoms with Crippen molar-refractivity contribution in [1.82, 2.24) is 15.0 Å². The van der Waals surface area contributed by atoms with Gasteiger partial charge in [0.25, 0.3) is 11.5 Å². The molecule has 2 heterocycles. The van der Waals surface area contributed by atoms with E-state index in [2.05, 4.69) is 33.3 Å². The molecule has 0 fully saturated rings. The molecule has 0 saturated heterocycles. The summed E-state index contributed by atoms with van der Waals surface area (Å²) in [6.07, 6.45) is 2.19. The van der Waals surface area contributed by atoms with Crippen molar-refractivity contribution in [3.63, 3.8) is 0 Å². The summed E-state index contributed by atoms with van der Waals surface area (Å²) < 4.78 is 0.986. The van der Waals surface area contributed by atoms with Crippen molar-refractivity contribution in [3.05, 3.63) is 75.2 Å². The van der Waals surface area contributed by atoms with Gasteiger partial charge >= 0.3 is 0 Å². The van der Waals surface area contributed by atoms with Crippen molar-refractivity contribution >= 4 is 44.2 Å². The van der Waals surface area contributed by atoms with Gasteiger partial charge in [0.2, 0.25) is 0 Å². The number of aromatic amines is 1. The highest BCUT2D eigenvalue weighted by Crippen LogP contribution is 2.27. The summed E-state index contributed by atoms with van der Waals surface area (Å²) in [6, 6.07) is 12.9. The number of carbonyl (C=O) groups excluding carboxylic acids is 1. The van der Waals surface area contributed by atoms with Crippen molar-refractivity contribution < 1.29 is 4.79 Å². The highest BCUT2D eigenvalue weighted by molar-refractivity contribution is 7.22. The average Bonchev–Trinajstić information content (AvgIpc) is 3.09. The number of fused-ring (bicyclic) bond motifs is 1. The summed E-state index contributed by atoms with van der Waals surface area (Å²) in [5.41, 5.74) is 2.11. The Morgan fingerprint density at radius 2 is 2.00 bits per heavy atom. The molecule has 0 unspecified atom stereocenters. The lowest BCUT2D eigenvalue weighted by Crippen LogP contribution is -2.24. The van der Waals surface area contributed by atoms with Gasteiger partial charge in [-0.15, -0.1) is 0 Å². The topological polar surface area (TPSA) is 87.7 Å². The van der Waals surface area contributed by atoms with Crippen LogP contribution < -0.4 is 10.9 Å². The number of thiazole rings is 1. The van der Waals surface area contributed by atoms with Gasteiger partial charge in [0.05, 0.1) is 10.2 Å². The summed E-state index contributed by atoms with van der Waals surface area (Å²) in [5, 5.41) is 3.71. The van der Waals surface area contributed by atoms with E-state index in [4.69, 9.17) is 11.6 Å². The molecule has 0 bridgehead atoms. The number of hydrogen-bond donors (Lipinski definition) is 2. The molecule has 2 aromatic carbocycles. The Hall–Kier alpha value is -3.03. The van der Waals surface area contributed by atoms with E-state index in [-0.39, 0.29) is 5.56 Å². The van der Waals surface area contributed by atoms with Crippen molar-refractivity contribution in [2.45, 2.75) is 13.3 Å². The van der Waals surface area contributed by atoms with Gasteiger partial charge in [-0.3, -0.25) is 14.9 Å². The minimum absolute atomic E-state index is 0.0776. The first-order valence-corrected chi connectivity index (χ1v) is 9.79. The molecule has 1 amide bonds. The maximum atomic E-state index is 12.5. The molecule has 0 radical (unpaired) electrons. The van der Waals surface area contributed by atoms with Crippen molar-refractivity contribution in [2.24, 2.45) is 0 Å². The zero-order chi connectivity index (χ0) is 19.7. The van der Waals surface area contributed by atoms with Crippen LogP contribution in [-0.2, 0) is 6.42 Å². The lowest BCUT2D eigenvalue weighted by Gasteiger charge is -2.03. The molecule has 0 atom stereocenters. The van der Waals surface area contributed by atoms with Crippen LogP contribution in [0.25, 0.3) is 21.6 Å². The molecule has 6 nitrogen and oxygen atoms in total. The summed E-state index contributed by atoms with van der Waals surface area (Å²) in [7, 11) is 0. The van der Waals surface area contributed by atoms with Gasteiger partial charge in [-0.25, -0.2) is 9.97 Å². The van der Waals surface area contributed by atoms with Crippen LogP contribution in [0, 0.1) is 0 Å². The van der Waals surface area contributed by atoms with Gasteiger partial charge in [0.1, 0.15) is 11.4 Å². The molecule has 140 valence electrons. The number of nitrogens with zero attached hydrogens (tertiary/aromatic N) is 2. The number of carbonyl (C=O) groups is 1. The van der Waals surface area contributed by atoms with Crippen LogP contribution >= 0.6 is 22.9 Å². The Bertz CT molecular complexity index is 1230. The number of amides is 1. The minimum atomic E-state index is -0.550. The fourth-order valence-corrected chi connectivity index (χ4v) is 3.77. The fraction of sp³-hybridized carbons (Fsp3) is 0.100. The van der Waals surface area contributed by atoms with Crippen LogP contribution in [0.5, 0.6) is 0 Å². The van der Waals surface area contributed by atoms with E-state index in [0.29, 0.717) is 21.5 Å². The van der Waals surface area contributed by atoms with E-state index in [9.17, 15) is 9.59 Å². The van der Waals surface area contributed by atoms with E-state index in [1.165, 1.54) is 23.1 Å². The summed E-state index contributed by atoms with van der Waals surface area (Å²) in [5.74, 6) is -0.184. The average molecular weight is 411 g/mol. The van der Waals surface area contributed by atoms with E-state index >= 15 is 0 Å². The monoisotopic (exact) mass is 410 g/mol. The number of aryl methyl sites for hydroxylation is 1. The first kappa shape index (κ1) is 18.3. The Kier molecular flexibility index (Phi) is 4.93. The predicted molar refractivity (Wildman–Crippen MR) is 112 cm³/mol. The van der Waals surface area contributed by atoms with Gasteiger partial charge in [-0.2, -0.15) is 0 Å². The first-order valence-electron chi connectivity index (χ1n) is 8.59. The van der Waals surface area contributed by atoms with Crippen LogP contribution in [0.3, 0.4) is 0 Å². The molecule has 2 aromatic heterocycles.